The summed E-state index contributed by atoms with van der Waals surface area (Å²) in [7, 11) is 0. The van der Waals surface area contributed by atoms with Crippen molar-refractivity contribution in [3.63, 3.8) is 0 Å². The van der Waals surface area contributed by atoms with E-state index in [1.165, 1.54) is 11.8 Å². The maximum absolute atomic E-state index is 5.46. The highest BCUT2D eigenvalue weighted by molar-refractivity contribution is 7.99. The molecular weight excluding hydrogens is 362 g/mol. The maximum Gasteiger partial charge on any atom is 0.239 e. The number of hydrogen-bond acceptors (Lipinski definition) is 7. The van der Waals surface area contributed by atoms with Gasteiger partial charge in [-0.3, -0.25) is 4.57 Å². The Kier molecular flexibility index (Phi) is 4.81. The van der Waals surface area contributed by atoms with Gasteiger partial charge in [0.25, 0.3) is 0 Å². The van der Waals surface area contributed by atoms with Crippen LogP contribution in [0.4, 0.5) is 0 Å². The average molecular weight is 381 g/mol. The lowest BCUT2D eigenvalue weighted by molar-refractivity contribution is 0.375. The van der Waals surface area contributed by atoms with E-state index in [2.05, 4.69) is 20.3 Å². The van der Waals surface area contributed by atoms with Crippen LogP contribution in [-0.4, -0.2) is 24.9 Å². The smallest absolute Gasteiger partial charge is 0.239 e. The van der Waals surface area contributed by atoms with E-state index in [9.17, 15) is 0 Å². The fourth-order valence-electron chi connectivity index (χ4n) is 2.73. The fraction of sp³-hybridized carbons (Fsp3) is 0.263. The van der Waals surface area contributed by atoms with Crippen LogP contribution in [0.15, 0.2) is 56.8 Å². The summed E-state index contributed by atoms with van der Waals surface area (Å²) in [6.07, 6.45) is 2.40. The van der Waals surface area contributed by atoms with E-state index in [4.69, 9.17) is 8.94 Å². The Morgan fingerprint density at radius 1 is 1.15 bits per heavy atom. The summed E-state index contributed by atoms with van der Waals surface area (Å²) >= 11 is 1.53. The molecule has 0 aliphatic heterocycles. The van der Waals surface area contributed by atoms with Gasteiger partial charge in [0.1, 0.15) is 5.76 Å². The average Bonchev–Trinajstić information content (AvgIpc) is 3.41. The van der Waals surface area contributed by atoms with Crippen molar-refractivity contribution in [2.75, 3.05) is 0 Å². The number of nitrogens with zero attached hydrogens (tertiary/aromatic N) is 5. The zero-order chi connectivity index (χ0) is 18.8. The second-order valence-corrected chi connectivity index (χ2v) is 7.34. The Morgan fingerprint density at radius 3 is 2.63 bits per heavy atom. The molecular formula is C19H19N5O2S. The highest BCUT2D eigenvalue weighted by Crippen LogP contribution is 2.37. The molecule has 4 aromatic rings. The number of thioether (sulfide) groups is 1. The minimum Gasteiger partial charge on any atom is -0.469 e. The van der Waals surface area contributed by atoms with E-state index in [1.807, 2.05) is 61.7 Å². The molecule has 1 aromatic carbocycles. The van der Waals surface area contributed by atoms with Crippen LogP contribution in [0.5, 0.6) is 0 Å². The molecule has 1 unspecified atom stereocenters. The summed E-state index contributed by atoms with van der Waals surface area (Å²) in [4.78, 5) is 4.43. The van der Waals surface area contributed by atoms with Crippen LogP contribution in [0, 0.1) is 6.92 Å². The number of rotatable bonds is 6. The third-order valence-electron chi connectivity index (χ3n) is 4.18. The lowest BCUT2D eigenvalue weighted by atomic mass is 10.2. The molecule has 0 saturated heterocycles. The lowest BCUT2D eigenvalue weighted by Gasteiger charge is -2.11. The number of benzene rings is 1. The molecule has 8 heteroatoms. The number of aryl methyl sites for hydroxylation is 2. The Bertz CT molecular complexity index is 1040. The SMILES string of the molecule is CCc1noc(C(C)Sc2nnc(-c3ccoc3C)n2-c2ccccc2)n1. The van der Waals surface area contributed by atoms with E-state index in [0.29, 0.717) is 11.7 Å². The second kappa shape index (κ2) is 7.40. The maximum atomic E-state index is 5.46. The summed E-state index contributed by atoms with van der Waals surface area (Å²) < 4.78 is 12.9. The van der Waals surface area contributed by atoms with Gasteiger partial charge in [0.05, 0.1) is 17.1 Å². The first-order valence-corrected chi connectivity index (χ1v) is 9.59. The molecule has 1 atom stereocenters. The number of hydrogen-bond donors (Lipinski definition) is 0. The van der Waals surface area contributed by atoms with E-state index >= 15 is 0 Å². The van der Waals surface area contributed by atoms with Gasteiger partial charge >= 0.3 is 0 Å². The predicted octanol–water partition coefficient (Wildman–Crippen LogP) is 4.63. The van der Waals surface area contributed by atoms with Crippen LogP contribution in [0.3, 0.4) is 0 Å². The van der Waals surface area contributed by atoms with E-state index < -0.39 is 0 Å². The molecule has 7 nitrogen and oxygen atoms in total. The Labute approximate surface area is 160 Å². The molecule has 0 fully saturated rings. The van der Waals surface area contributed by atoms with Gasteiger partial charge in [0.15, 0.2) is 16.8 Å². The number of para-hydroxylation sites is 1. The van der Waals surface area contributed by atoms with Gasteiger partial charge in [-0.1, -0.05) is 42.0 Å². The molecule has 138 valence electrons. The zero-order valence-electron chi connectivity index (χ0n) is 15.3. The Balaban J connectivity index is 1.74. The highest BCUT2D eigenvalue weighted by Gasteiger charge is 2.23. The van der Waals surface area contributed by atoms with Crippen molar-refractivity contribution < 1.29 is 8.94 Å². The summed E-state index contributed by atoms with van der Waals surface area (Å²) in [5, 5.41) is 13.5. The van der Waals surface area contributed by atoms with Crippen LogP contribution in [0.25, 0.3) is 17.1 Å². The molecule has 27 heavy (non-hydrogen) atoms. The number of aromatic nitrogens is 5. The zero-order valence-corrected chi connectivity index (χ0v) is 16.1. The van der Waals surface area contributed by atoms with Gasteiger partial charge in [-0.15, -0.1) is 10.2 Å². The Morgan fingerprint density at radius 2 is 1.96 bits per heavy atom. The lowest BCUT2D eigenvalue weighted by Crippen LogP contribution is -2.01. The van der Waals surface area contributed by atoms with Gasteiger partial charge < -0.3 is 8.94 Å². The normalized spacial score (nSPS) is 12.4. The van der Waals surface area contributed by atoms with Crippen molar-refractivity contribution in [1.82, 2.24) is 24.9 Å². The van der Waals surface area contributed by atoms with Crippen LogP contribution < -0.4 is 0 Å². The van der Waals surface area contributed by atoms with Gasteiger partial charge in [-0.05, 0) is 32.0 Å². The van der Waals surface area contributed by atoms with Gasteiger partial charge in [0.2, 0.25) is 5.89 Å². The van der Waals surface area contributed by atoms with Crippen molar-refractivity contribution in [2.45, 2.75) is 37.6 Å². The predicted molar refractivity (Wildman–Crippen MR) is 102 cm³/mol. The molecule has 0 bridgehead atoms. The van der Waals surface area contributed by atoms with Crippen LogP contribution in [0.1, 0.15) is 36.6 Å². The first-order valence-electron chi connectivity index (χ1n) is 8.71. The molecule has 0 N–H and O–H groups in total. The fourth-order valence-corrected chi connectivity index (χ4v) is 3.63. The van der Waals surface area contributed by atoms with E-state index in [0.717, 1.165) is 34.4 Å². The molecule has 0 saturated carbocycles. The summed E-state index contributed by atoms with van der Waals surface area (Å²) in [5.74, 6) is 2.83. The van der Waals surface area contributed by atoms with E-state index in [-0.39, 0.29) is 5.25 Å². The molecule has 0 spiro atoms. The van der Waals surface area contributed by atoms with Crippen LogP contribution in [0.2, 0.25) is 0 Å². The third kappa shape index (κ3) is 3.40. The molecule has 0 aliphatic carbocycles. The molecule has 3 heterocycles. The van der Waals surface area contributed by atoms with Crippen molar-refractivity contribution >= 4 is 11.8 Å². The summed E-state index contributed by atoms with van der Waals surface area (Å²) in [6.45, 7) is 5.93. The van der Waals surface area contributed by atoms with E-state index in [1.54, 1.807) is 6.26 Å². The van der Waals surface area contributed by atoms with Gasteiger partial charge in [-0.2, -0.15) is 4.98 Å². The molecule has 4 rings (SSSR count). The van der Waals surface area contributed by atoms with Crippen molar-refractivity contribution in [2.24, 2.45) is 0 Å². The minimum absolute atomic E-state index is 0.0530. The quantitative estimate of drug-likeness (QED) is 0.450. The minimum atomic E-state index is -0.0530. The third-order valence-corrected chi connectivity index (χ3v) is 5.21. The summed E-state index contributed by atoms with van der Waals surface area (Å²) in [6, 6.07) is 11.9. The van der Waals surface area contributed by atoms with Crippen molar-refractivity contribution in [3.05, 3.63) is 60.1 Å². The standard InChI is InChI=1S/C19H19N5O2S/c1-4-16-20-18(26-23-16)13(3)27-19-22-21-17(15-10-11-25-12(15)2)24(19)14-8-6-5-7-9-14/h5-11,13H,4H2,1-3H3. The van der Waals surface area contributed by atoms with Crippen molar-refractivity contribution in [1.29, 1.82) is 0 Å². The van der Waals surface area contributed by atoms with Crippen molar-refractivity contribution in [3.8, 4) is 17.1 Å². The molecule has 0 amide bonds. The monoisotopic (exact) mass is 381 g/mol. The van der Waals surface area contributed by atoms with Gasteiger partial charge in [-0.25, -0.2) is 0 Å². The summed E-state index contributed by atoms with van der Waals surface area (Å²) in [5.41, 5.74) is 1.89. The van der Waals surface area contributed by atoms with Crippen LogP contribution >= 0.6 is 11.8 Å². The Hall–Kier alpha value is -2.87. The number of furan rings is 1. The molecule has 0 aliphatic rings. The first-order chi connectivity index (χ1) is 13.2. The first kappa shape index (κ1) is 17.5. The molecule has 3 aromatic heterocycles. The highest BCUT2D eigenvalue weighted by atomic mass is 32.2. The largest absolute Gasteiger partial charge is 0.469 e. The second-order valence-electron chi connectivity index (χ2n) is 6.03. The topological polar surface area (TPSA) is 82.8 Å². The molecule has 0 radical (unpaired) electrons. The van der Waals surface area contributed by atoms with Gasteiger partial charge in [0, 0.05) is 12.1 Å². The van der Waals surface area contributed by atoms with Crippen LogP contribution in [-0.2, 0) is 6.42 Å².